The fourth-order valence-corrected chi connectivity index (χ4v) is 2.61. The summed E-state index contributed by atoms with van der Waals surface area (Å²) in [4.78, 5) is 12.6. The van der Waals surface area contributed by atoms with E-state index in [1.165, 1.54) is 0 Å². The standard InChI is InChI=1S/C16H25ClN2O/c1-4-14(12-8-7-9-13(17)10-12)19-15(20)16(5-2,6-3)11-18/h7-10,14H,4-6,11,18H2,1-3H3,(H,19,20). The van der Waals surface area contributed by atoms with Crippen LogP contribution in [0, 0.1) is 5.41 Å². The lowest BCUT2D eigenvalue weighted by Crippen LogP contribution is -2.46. The van der Waals surface area contributed by atoms with Gasteiger partial charge in [0, 0.05) is 11.6 Å². The minimum Gasteiger partial charge on any atom is -0.349 e. The molecule has 1 unspecified atom stereocenters. The monoisotopic (exact) mass is 296 g/mol. The van der Waals surface area contributed by atoms with E-state index in [0.717, 1.165) is 24.8 Å². The number of rotatable bonds is 7. The highest BCUT2D eigenvalue weighted by molar-refractivity contribution is 6.30. The Hall–Kier alpha value is -1.06. The Morgan fingerprint density at radius 2 is 2.00 bits per heavy atom. The van der Waals surface area contributed by atoms with Crippen LogP contribution in [0.4, 0.5) is 0 Å². The lowest BCUT2D eigenvalue weighted by atomic mass is 9.81. The zero-order valence-corrected chi connectivity index (χ0v) is 13.3. The second-order valence-electron chi connectivity index (χ2n) is 5.18. The van der Waals surface area contributed by atoms with E-state index >= 15 is 0 Å². The minimum absolute atomic E-state index is 0.0229. The van der Waals surface area contributed by atoms with Crippen molar-refractivity contribution in [3.05, 3.63) is 34.9 Å². The van der Waals surface area contributed by atoms with Gasteiger partial charge in [0.25, 0.3) is 0 Å². The van der Waals surface area contributed by atoms with E-state index in [0.29, 0.717) is 11.6 Å². The van der Waals surface area contributed by atoms with Crippen molar-refractivity contribution in [3.63, 3.8) is 0 Å². The quantitative estimate of drug-likeness (QED) is 0.806. The Morgan fingerprint density at radius 1 is 1.35 bits per heavy atom. The first-order valence-electron chi connectivity index (χ1n) is 7.29. The maximum absolute atomic E-state index is 12.6. The van der Waals surface area contributed by atoms with Gasteiger partial charge in [0.2, 0.25) is 5.91 Å². The molecule has 0 aliphatic carbocycles. The molecule has 0 radical (unpaired) electrons. The number of nitrogens with one attached hydrogen (secondary N) is 1. The third-order valence-corrected chi connectivity index (χ3v) is 4.43. The van der Waals surface area contributed by atoms with Crippen molar-refractivity contribution in [2.45, 2.75) is 46.1 Å². The van der Waals surface area contributed by atoms with Gasteiger partial charge in [0.1, 0.15) is 0 Å². The molecule has 3 N–H and O–H groups in total. The normalized spacial score (nSPS) is 13.1. The zero-order valence-electron chi connectivity index (χ0n) is 12.6. The van der Waals surface area contributed by atoms with Crippen LogP contribution in [-0.4, -0.2) is 12.5 Å². The lowest BCUT2D eigenvalue weighted by molar-refractivity contribution is -0.131. The number of hydrogen-bond donors (Lipinski definition) is 2. The SMILES string of the molecule is CCC(NC(=O)C(CC)(CC)CN)c1cccc(Cl)c1. The fraction of sp³-hybridized carbons (Fsp3) is 0.562. The summed E-state index contributed by atoms with van der Waals surface area (Å²) in [6.45, 7) is 6.44. The molecule has 0 saturated carbocycles. The molecule has 20 heavy (non-hydrogen) atoms. The van der Waals surface area contributed by atoms with E-state index in [4.69, 9.17) is 17.3 Å². The van der Waals surface area contributed by atoms with Gasteiger partial charge in [-0.3, -0.25) is 4.79 Å². The fourth-order valence-electron chi connectivity index (χ4n) is 2.41. The first kappa shape index (κ1) is 17.0. The summed E-state index contributed by atoms with van der Waals surface area (Å²) < 4.78 is 0. The van der Waals surface area contributed by atoms with Crippen LogP contribution in [0.3, 0.4) is 0 Å². The van der Waals surface area contributed by atoms with Crippen LogP contribution in [0.1, 0.15) is 51.6 Å². The van der Waals surface area contributed by atoms with Crippen molar-refractivity contribution in [3.8, 4) is 0 Å². The molecule has 0 aromatic heterocycles. The number of carbonyl (C=O) groups is 1. The average Bonchev–Trinajstić information content (AvgIpc) is 2.47. The van der Waals surface area contributed by atoms with Crippen LogP contribution in [0.5, 0.6) is 0 Å². The van der Waals surface area contributed by atoms with Gasteiger partial charge in [0.15, 0.2) is 0 Å². The largest absolute Gasteiger partial charge is 0.349 e. The summed E-state index contributed by atoms with van der Waals surface area (Å²) in [6.07, 6.45) is 2.32. The number of hydrogen-bond acceptors (Lipinski definition) is 2. The summed E-state index contributed by atoms with van der Waals surface area (Å²) in [6, 6.07) is 7.61. The molecule has 112 valence electrons. The minimum atomic E-state index is -0.466. The molecule has 0 spiro atoms. The maximum atomic E-state index is 12.6. The summed E-state index contributed by atoms with van der Waals surface area (Å²) in [5.41, 5.74) is 6.40. The van der Waals surface area contributed by atoms with Gasteiger partial charge in [-0.15, -0.1) is 0 Å². The van der Waals surface area contributed by atoms with Crippen molar-refractivity contribution >= 4 is 17.5 Å². The molecule has 4 heteroatoms. The summed E-state index contributed by atoms with van der Waals surface area (Å²) in [5, 5.41) is 3.81. The van der Waals surface area contributed by atoms with Gasteiger partial charge in [0.05, 0.1) is 11.5 Å². The van der Waals surface area contributed by atoms with E-state index in [1.54, 1.807) is 0 Å². The molecule has 1 amide bonds. The number of carbonyl (C=O) groups excluding carboxylic acids is 1. The molecule has 0 fully saturated rings. The van der Waals surface area contributed by atoms with Gasteiger partial charge in [-0.05, 0) is 37.0 Å². The molecule has 0 bridgehead atoms. The summed E-state index contributed by atoms with van der Waals surface area (Å²) in [5.74, 6) is 0.0387. The van der Waals surface area contributed by atoms with Crippen LogP contribution < -0.4 is 11.1 Å². The Bertz CT molecular complexity index is 436. The number of halogens is 1. The number of amides is 1. The first-order valence-corrected chi connectivity index (χ1v) is 7.67. The molecule has 0 saturated heterocycles. The van der Waals surface area contributed by atoms with Crippen molar-refractivity contribution in [2.75, 3.05) is 6.54 Å². The second kappa shape index (κ2) is 7.65. The van der Waals surface area contributed by atoms with E-state index < -0.39 is 5.41 Å². The van der Waals surface area contributed by atoms with E-state index in [-0.39, 0.29) is 11.9 Å². The second-order valence-corrected chi connectivity index (χ2v) is 5.62. The molecular weight excluding hydrogens is 272 g/mol. The van der Waals surface area contributed by atoms with Crippen molar-refractivity contribution in [1.82, 2.24) is 5.32 Å². The van der Waals surface area contributed by atoms with Gasteiger partial charge < -0.3 is 11.1 Å². The first-order chi connectivity index (χ1) is 9.52. The topological polar surface area (TPSA) is 55.1 Å². The average molecular weight is 297 g/mol. The molecule has 1 aromatic carbocycles. The highest BCUT2D eigenvalue weighted by Crippen LogP contribution is 2.28. The molecule has 0 aliphatic heterocycles. The summed E-state index contributed by atoms with van der Waals surface area (Å²) in [7, 11) is 0. The molecule has 0 heterocycles. The molecule has 3 nitrogen and oxygen atoms in total. The predicted molar refractivity (Wildman–Crippen MR) is 84.7 cm³/mol. The van der Waals surface area contributed by atoms with E-state index in [2.05, 4.69) is 5.32 Å². The van der Waals surface area contributed by atoms with Gasteiger partial charge in [-0.25, -0.2) is 0 Å². The highest BCUT2D eigenvalue weighted by Gasteiger charge is 2.34. The molecule has 1 rings (SSSR count). The number of nitrogens with two attached hydrogens (primary N) is 1. The Kier molecular flexibility index (Phi) is 6.50. The lowest BCUT2D eigenvalue weighted by Gasteiger charge is -2.31. The van der Waals surface area contributed by atoms with Crippen molar-refractivity contribution in [2.24, 2.45) is 11.1 Å². The van der Waals surface area contributed by atoms with Crippen LogP contribution >= 0.6 is 11.6 Å². The molecule has 0 aliphatic rings. The van der Waals surface area contributed by atoms with Crippen molar-refractivity contribution in [1.29, 1.82) is 0 Å². The third-order valence-electron chi connectivity index (χ3n) is 4.19. The van der Waals surface area contributed by atoms with Crippen LogP contribution in [0.25, 0.3) is 0 Å². The Labute approximate surface area is 126 Å². The highest BCUT2D eigenvalue weighted by atomic mass is 35.5. The number of benzene rings is 1. The Morgan fingerprint density at radius 3 is 2.45 bits per heavy atom. The van der Waals surface area contributed by atoms with Crippen molar-refractivity contribution < 1.29 is 4.79 Å². The van der Waals surface area contributed by atoms with E-state index in [1.807, 2.05) is 45.0 Å². The predicted octanol–water partition coefficient (Wildman–Crippen LogP) is 3.67. The van der Waals surface area contributed by atoms with Crippen LogP contribution in [0.2, 0.25) is 5.02 Å². The smallest absolute Gasteiger partial charge is 0.227 e. The molecular formula is C16H25ClN2O. The van der Waals surface area contributed by atoms with Gasteiger partial charge in [-0.1, -0.05) is 44.5 Å². The van der Waals surface area contributed by atoms with Crippen LogP contribution in [0.15, 0.2) is 24.3 Å². The van der Waals surface area contributed by atoms with Crippen LogP contribution in [-0.2, 0) is 4.79 Å². The third kappa shape index (κ3) is 3.74. The molecule has 1 atom stereocenters. The maximum Gasteiger partial charge on any atom is 0.227 e. The summed E-state index contributed by atoms with van der Waals surface area (Å²) >= 11 is 6.02. The van der Waals surface area contributed by atoms with E-state index in [9.17, 15) is 4.79 Å². The zero-order chi connectivity index (χ0) is 15.2. The molecule has 1 aromatic rings. The Balaban J connectivity index is 2.91. The van der Waals surface area contributed by atoms with Gasteiger partial charge >= 0.3 is 0 Å². The van der Waals surface area contributed by atoms with Gasteiger partial charge in [-0.2, -0.15) is 0 Å².